The van der Waals surface area contributed by atoms with E-state index in [4.69, 9.17) is 37.6 Å². The minimum absolute atomic E-state index is 0.346. The van der Waals surface area contributed by atoms with Crippen LogP contribution >= 0.6 is 11.8 Å². The van der Waals surface area contributed by atoms with Gasteiger partial charge in [-0.3, -0.25) is 0 Å². The van der Waals surface area contributed by atoms with Gasteiger partial charge in [0.25, 0.3) is 0 Å². The van der Waals surface area contributed by atoms with E-state index in [-0.39, 0.29) is 0 Å². The quantitative estimate of drug-likeness (QED) is 0.161. The van der Waals surface area contributed by atoms with Crippen LogP contribution in [-0.2, 0) is 0 Å². The number of anilines is 3. The molecular weight excluding hydrogens is 791 g/mol. The average molecular weight is 820 g/mol. The van der Waals surface area contributed by atoms with Crippen molar-refractivity contribution in [1.29, 1.82) is 0 Å². The van der Waals surface area contributed by atoms with Gasteiger partial charge in [-0.1, -0.05) is 96.7 Å². The van der Waals surface area contributed by atoms with Crippen molar-refractivity contribution >= 4 is 73.2 Å². The maximum absolute atomic E-state index is 6.80. The maximum atomic E-state index is 6.80. The van der Waals surface area contributed by atoms with E-state index >= 15 is 0 Å². The molecule has 0 radical (unpaired) electrons. The van der Waals surface area contributed by atoms with E-state index in [9.17, 15) is 0 Å². The molecule has 5 heterocycles. The summed E-state index contributed by atoms with van der Waals surface area (Å²) < 4.78 is 26.8. The van der Waals surface area contributed by atoms with Gasteiger partial charge in [0.1, 0.15) is 22.1 Å². The van der Waals surface area contributed by atoms with Gasteiger partial charge in [0.15, 0.2) is 22.3 Å². The molecule has 0 N–H and O–H groups in total. The number of nitrogens with zero attached hydrogens (tertiary/aromatic N) is 5. The second-order valence-electron chi connectivity index (χ2n) is 15.0. The van der Waals surface area contributed by atoms with Gasteiger partial charge >= 0.3 is 0 Å². The van der Waals surface area contributed by atoms with Crippen molar-refractivity contribution < 1.29 is 17.7 Å². The SMILES string of the molecule is c1cc(-c2c(-c3nc4ccccc4o3)cc(-c3nc4ccccc4o3)c(-c3nc4ccccc4o3)c2-c2nc3ccccc3o2)cc(N2c3ccccc3Sc3ccccc32)c1. The second kappa shape index (κ2) is 13.7. The highest BCUT2D eigenvalue weighted by Gasteiger charge is 2.33. The summed E-state index contributed by atoms with van der Waals surface area (Å²) in [6.45, 7) is 0. The van der Waals surface area contributed by atoms with Crippen molar-refractivity contribution in [2.45, 2.75) is 9.79 Å². The lowest BCUT2D eigenvalue weighted by Crippen LogP contribution is -2.14. The van der Waals surface area contributed by atoms with E-state index in [0.717, 1.165) is 43.5 Å². The minimum atomic E-state index is 0.346. The molecule has 0 atom stereocenters. The Kier molecular flexibility index (Phi) is 7.63. The first-order valence-corrected chi connectivity index (χ1v) is 20.9. The first-order chi connectivity index (χ1) is 30.7. The highest BCUT2D eigenvalue weighted by molar-refractivity contribution is 7.99. The Hall–Kier alpha value is -8.21. The van der Waals surface area contributed by atoms with Gasteiger partial charge in [-0.25, -0.2) is 19.9 Å². The van der Waals surface area contributed by atoms with Crippen molar-refractivity contribution in [2.75, 3.05) is 4.90 Å². The number of rotatable bonds is 6. The Balaban J connectivity index is 1.18. The van der Waals surface area contributed by atoms with E-state index in [1.54, 1.807) is 11.8 Å². The molecule has 12 aromatic rings. The third-order valence-electron chi connectivity index (χ3n) is 11.2. The monoisotopic (exact) mass is 819 g/mol. The Morgan fingerprint density at radius 3 is 1.29 bits per heavy atom. The molecule has 9 nitrogen and oxygen atoms in total. The van der Waals surface area contributed by atoms with Gasteiger partial charge in [-0.15, -0.1) is 0 Å². The van der Waals surface area contributed by atoms with Crippen LogP contribution in [0.2, 0.25) is 0 Å². The predicted molar refractivity (Wildman–Crippen MR) is 243 cm³/mol. The zero-order chi connectivity index (χ0) is 40.7. The Morgan fingerprint density at radius 2 is 0.774 bits per heavy atom. The van der Waals surface area contributed by atoms with E-state index in [1.807, 2.05) is 103 Å². The molecule has 0 saturated carbocycles. The van der Waals surface area contributed by atoms with Crippen LogP contribution in [0.15, 0.2) is 203 Å². The summed E-state index contributed by atoms with van der Waals surface area (Å²) in [6.07, 6.45) is 0. The molecule has 13 rings (SSSR count). The van der Waals surface area contributed by atoms with Crippen molar-refractivity contribution in [3.63, 3.8) is 0 Å². The van der Waals surface area contributed by atoms with Gasteiger partial charge in [0.05, 0.1) is 28.1 Å². The lowest BCUT2D eigenvalue weighted by Gasteiger charge is -2.33. The normalized spacial score (nSPS) is 12.4. The zero-order valence-corrected chi connectivity index (χ0v) is 33.3. The number of aromatic nitrogens is 4. The lowest BCUT2D eigenvalue weighted by atomic mass is 9.86. The van der Waals surface area contributed by atoms with Crippen LogP contribution in [0.25, 0.3) is 101 Å². The molecule has 292 valence electrons. The molecule has 8 aromatic carbocycles. The van der Waals surface area contributed by atoms with Gasteiger partial charge < -0.3 is 22.6 Å². The summed E-state index contributed by atoms with van der Waals surface area (Å²) in [5.41, 5.74) is 12.5. The number of hydrogen-bond acceptors (Lipinski definition) is 10. The summed E-state index contributed by atoms with van der Waals surface area (Å²) in [5.74, 6) is 1.45. The largest absolute Gasteiger partial charge is 0.436 e. The molecule has 0 unspecified atom stereocenters. The van der Waals surface area contributed by atoms with Crippen molar-refractivity contribution in [3.05, 3.63) is 176 Å². The van der Waals surface area contributed by atoms with Crippen molar-refractivity contribution in [3.8, 4) is 56.9 Å². The van der Waals surface area contributed by atoms with Gasteiger partial charge in [-0.2, -0.15) is 0 Å². The fourth-order valence-electron chi connectivity index (χ4n) is 8.47. The molecule has 0 amide bonds. The Morgan fingerprint density at radius 1 is 0.355 bits per heavy atom. The van der Waals surface area contributed by atoms with Crippen LogP contribution in [0, 0.1) is 0 Å². The average Bonchev–Trinajstić information content (AvgIpc) is 4.14. The summed E-state index contributed by atoms with van der Waals surface area (Å²) in [7, 11) is 0. The highest BCUT2D eigenvalue weighted by atomic mass is 32.2. The summed E-state index contributed by atoms with van der Waals surface area (Å²) in [6, 6.07) is 58.5. The minimum Gasteiger partial charge on any atom is -0.436 e. The zero-order valence-electron chi connectivity index (χ0n) is 32.5. The first-order valence-electron chi connectivity index (χ1n) is 20.1. The van der Waals surface area contributed by atoms with E-state index in [1.165, 1.54) is 0 Å². The van der Waals surface area contributed by atoms with Crippen LogP contribution in [0.4, 0.5) is 17.1 Å². The predicted octanol–water partition coefficient (Wildman–Crippen LogP) is 14.5. The molecule has 0 saturated heterocycles. The first kappa shape index (κ1) is 34.6. The van der Waals surface area contributed by atoms with Gasteiger partial charge in [-0.05, 0) is 96.6 Å². The third-order valence-corrected chi connectivity index (χ3v) is 12.3. The smallest absolute Gasteiger partial charge is 0.228 e. The number of benzene rings is 8. The van der Waals surface area contributed by atoms with Gasteiger partial charge in [0.2, 0.25) is 23.6 Å². The van der Waals surface area contributed by atoms with Crippen LogP contribution in [-0.4, -0.2) is 19.9 Å². The molecule has 0 aliphatic carbocycles. The molecule has 10 heteroatoms. The summed E-state index contributed by atoms with van der Waals surface area (Å²) in [4.78, 5) is 25.1. The van der Waals surface area contributed by atoms with E-state index in [2.05, 4.69) is 77.7 Å². The molecule has 4 aromatic heterocycles. The molecule has 1 aliphatic heterocycles. The van der Waals surface area contributed by atoms with Crippen LogP contribution < -0.4 is 4.90 Å². The fraction of sp³-hybridized carbons (Fsp3) is 0. The fourth-order valence-corrected chi connectivity index (χ4v) is 9.53. The molecule has 0 fully saturated rings. The number of hydrogen-bond donors (Lipinski definition) is 0. The summed E-state index contributed by atoms with van der Waals surface area (Å²) in [5, 5.41) is 0. The maximum Gasteiger partial charge on any atom is 0.228 e. The number of fused-ring (bicyclic) bond motifs is 6. The van der Waals surface area contributed by atoms with Gasteiger partial charge in [0, 0.05) is 26.6 Å². The highest BCUT2D eigenvalue weighted by Crippen LogP contribution is 2.54. The molecular formula is C52H29N5O4S. The number of oxazole rings is 4. The van der Waals surface area contributed by atoms with Crippen LogP contribution in [0.5, 0.6) is 0 Å². The van der Waals surface area contributed by atoms with Crippen molar-refractivity contribution in [2.24, 2.45) is 0 Å². The third kappa shape index (κ3) is 5.50. The van der Waals surface area contributed by atoms with E-state index < -0.39 is 0 Å². The topological polar surface area (TPSA) is 107 Å². The summed E-state index contributed by atoms with van der Waals surface area (Å²) >= 11 is 1.77. The van der Waals surface area contributed by atoms with Crippen LogP contribution in [0.1, 0.15) is 0 Å². The van der Waals surface area contributed by atoms with Crippen LogP contribution in [0.3, 0.4) is 0 Å². The standard InChI is InChI=1S/C52H29N5O4S/c1-7-22-40-34(16-1)53-49(58-40)32-29-33(50-54-35-17-2-8-23-41(35)59-50)47(51-55-36-18-3-9-24-42(36)60-51)48(52-56-37-19-4-10-25-43(37)61-52)46(32)30-14-13-15-31(28-30)57-38-20-5-11-26-44(38)62-45-27-12-6-21-39(45)57/h1-29H. The Bertz CT molecular complexity index is 3550. The molecule has 0 bridgehead atoms. The Labute approximate surface area is 356 Å². The second-order valence-corrected chi connectivity index (χ2v) is 16.1. The molecule has 0 spiro atoms. The van der Waals surface area contributed by atoms with E-state index in [0.29, 0.717) is 84.7 Å². The van der Waals surface area contributed by atoms with Crippen molar-refractivity contribution in [1.82, 2.24) is 19.9 Å². The lowest BCUT2D eigenvalue weighted by molar-refractivity contribution is 0.606. The number of para-hydroxylation sites is 10. The molecule has 1 aliphatic rings. The molecule has 62 heavy (non-hydrogen) atoms.